The Hall–Kier alpha value is -1.84. The Kier molecular flexibility index (Phi) is 2.67. The molecule has 0 aliphatic heterocycles. The molecule has 0 radical (unpaired) electrons. The van der Waals surface area contributed by atoms with Gasteiger partial charge in [0.05, 0.1) is 0 Å². The van der Waals surface area contributed by atoms with Gasteiger partial charge < -0.3 is 5.32 Å². The third-order valence-electron chi connectivity index (χ3n) is 2.23. The topological polar surface area (TPSA) is 53.6 Å². The molecule has 0 saturated carbocycles. The van der Waals surface area contributed by atoms with Crippen LogP contribution in [0.3, 0.4) is 0 Å². The van der Waals surface area contributed by atoms with Crippen LogP contribution in [0.25, 0.3) is 0 Å². The number of aromatic nitrogens is 3. The molecule has 0 atom stereocenters. The van der Waals surface area contributed by atoms with E-state index in [-0.39, 0.29) is 0 Å². The van der Waals surface area contributed by atoms with Gasteiger partial charge in [-0.1, -0.05) is 26.0 Å². The number of hydrogen-bond acceptors (Lipinski definition) is 3. The zero-order valence-electron chi connectivity index (χ0n) is 8.86. The zero-order chi connectivity index (χ0) is 10.7. The van der Waals surface area contributed by atoms with Crippen molar-refractivity contribution >= 4 is 11.6 Å². The second-order valence-corrected chi connectivity index (χ2v) is 3.74. The van der Waals surface area contributed by atoms with Crippen molar-refractivity contribution in [3.05, 3.63) is 36.2 Å². The first kappa shape index (κ1) is 9.71. The average molecular weight is 202 g/mol. The minimum atomic E-state index is 0.529. The van der Waals surface area contributed by atoms with Gasteiger partial charge in [0.1, 0.15) is 6.33 Å². The average Bonchev–Trinajstić information content (AvgIpc) is 2.71. The Morgan fingerprint density at radius 2 is 2.20 bits per heavy atom. The van der Waals surface area contributed by atoms with Crippen LogP contribution in [0.15, 0.2) is 30.6 Å². The Labute approximate surface area is 88.8 Å². The number of anilines is 2. The summed E-state index contributed by atoms with van der Waals surface area (Å²) in [7, 11) is 0. The highest BCUT2D eigenvalue weighted by Crippen LogP contribution is 2.19. The molecule has 4 heteroatoms. The van der Waals surface area contributed by atoms with Crippen LogP contribution < -0.4 is 5.32 Å². The quantitative estimate of drug-likeness (QED) is 0.804. The molecule has 0 amide bonds. The molecule has 2 aromatic rings. The van der Waals surface area contributed by atoms with Gasteiger partial charge in [0.2, 0.25) is 5.95 Å². The lowest BCUT2D eigenvalue weighted by molar-refractivity contribution is 0.867. The Bertz CT molecular complexity index is 420. The number of rotatable bonds is 3. The minimum absolute atomic E-state index is 0.529. The summed E-state index contributed by atoms with van der Waals surface area (Å²) in [5.41, 5.74) is 2.33. The van der Waals surface area contributed by atoms with Crippen LogP contribution in [0, 0.1) is 0 Å². The highest BCUT2D eigenvalue weighted by Gasteiger charge is 2.01. The van der Waals surface area contributed by atoms with Crippen molar-refractivity contribution in [2.45, 2.75) is 19.8 Å². The molecular weight excluding hydrogens is 188 g/mol. The second-order valence-electron chi connectivity index (χ2n) is 3.74. The highest BCUT2D eigenvalue weighted by molar-refractivity contribution is 5.54. The van der Waals surface area contributed by atoms with Crippen LogP contribution in [0.2, 0.25) is 0 Å². The fourth-order valence-corrected chi connectivity index (χ4v) is 1.38. The van der Waals surface area contributed by atoms with E-state index in [9.17, 15) is 0 Å². The van der Waals surface area contributed by atoms with Gasteiger partial charge in [-0.05, 0) is 23.6 Å². The van der Waals surface area contributed by atoms with Crippen molar-refractivity contribution in [1.82, 2.24) is 15.2 Å². The SMILES string of the molecule is CC(C)c1cccc(Nc2ncn[nH]2)c1. The Morgan fingerprint density at radius 3 is 2.87 bits per heavy atom. The summed E-state index contributed by atoms with van der Waals surface area (Å²) in [5, 5.41) is 9.69. The standard InChI is InChI=1S/C11H14N4/c1-8(2)9-4-3-5-10(6-9)14-11-12-7-13-15-11/h3-8H,1-2H3,(H2,12,13,14,15). The van der Waals surface area contributed by atoms with E-state index in [1.807, 2.05) is 12.1 Å². The van der Waals surface area contributed by atoms with Gasteiger partial charge in [-0.2, -0.15) is 10.1 Å². The number of aromatic amines is 1. The lowest BCUT2D eigenvalue weighted by Crippen LogP contribution is -1.94. The van der Waals surface area contributed by atoms with E-state index in [0.29, 0.717) is 11.9 Å². The number of nitrogens with one attached hydrogen (secondary N) is 2. The molecule has 0 aliphatic carbocycles. The largest absolute Gasteiger partial charge is 0.325 e. The molecular formula is C11H14N4. The summed E-state index contributed by atoms with van der Waals surface area (Å²) in [6.07, 6.45) is 1.48. The van der Waals surface area contributed by atoms with Gasteiger partial charge in [-0.25, -0.2) is 5.10 Å². The fraction of sp³-hybridized carbons (Fsp3) is 0.273. The van der Waals surface area contributed by atoms with Crippen molar-refractivity contribution in [3.63, 3.8) is 0 Å². The van der Waals surface area contributed by atoms with Gasteiger partial charge in [0.25, 0.3) is 0 Å². The molecule has 1 heterocycles. The van der Waals surface area contributed by atoms with E-state index in [4.69, 9.17) is 0 Å². The van der Waals surface area contributed by atoms with E-state index in [2.05, 4.69) is 46.5 Å². The van der Waals surface area contributed by atoms with Gasteiger partial charge in [-0.15, -0.1) is 0 Å². The van der Waals surface area contributed by atoms with E-state index < -0.39 is 0 Å². The Balaban J connectivity index is 2.18. The van der Waals surface area contributed by atoms with Crippen molar-refractivity contribution < 1.29 is 0 Å². The molecule has 0 spiro atoms. The predicted molar refractivity (Wildman–Crippen MR) is 60.2 cm³/mol. The molecule has 0 aliphatic rings. The van der Waals surface area contributed by atoms with Crippen LogP contribution in [0.5, 0.6) is 0 Å². The fourth-order valence-electron chi connectivity index (χ4n) is 1.38. The third kappa shape index (κ3) is 2.34. The molecule has 2 rings (SSSR count). The van der Waals surface area contributed by atoms with Crippen LogP contribution in [0.1, 0.15) is 25.3 Å². The van der Waals surface area contributed by atoms with Crippen molar-refractivity contribution in [3.8, 4) is 0 Å². The van der Waals surface area contributed by atoms with Crippen LogP contribution in [-0.4, -0.2) is 15.2 Å². The maximum Gasteiger partial charge on any atom is 0.222 e. The first-order chi connectivity index (χ1) is 7.25. The summed E-state index contributed by atoms with van der Waals surface area (Å²) >= 11 is 0. The summed E-state index contributed by atoms with van der Waals surface area (Å²) in [6.45, 7) is 4.35. The molecule has 1 aromatic heterocycles. The number of hydrogen-bond donors (Lipinski definition) is 2. The normalized spacial score (nSPS) is 10.6. The first-order valence-electron chi connectivity index (χ1n) is 4.98. The molecule has 0 bridgehead atoms. The smallest absolute Gasteiger partial charge is 0.222 e. The highest BCUT2D eigenvalue weighted by atomic mass is 15.3. The monoisotopic (exact) mass is 202 g/mol. The van der Waals surface area contributed by atoms with E-state index >= 15 is 0 Å². The lowest BCUT2D eigenvalue weighted by Gasteiger charge is -2.08. The van der Waals surface area contributed by atoms with Crippen LogP contribution >= 0.6 is 0 Å². The summed E-state index contributed by atoms with van der Waals surface area (Å²) in [5.74, 6) is 1.19. The van der Waals surface area contributed by atoms with Crippen LogP contribution in [0.4, 0.5) is 11.6 Å². The van der Waals surface area contributed by atoms with Gasteiger partial charge in [0, 0.05) is 5.69 Å². The molecule has 4 nitrogen and oxygen atoms in total. The molecule has 0 fully saturated rings. The van der Waals surface area contributed by atoms with Crippen molar-refractivity contribution in [2.24, 2.45) is 0 Å². The van der Waals surface area contributed by atoms with Crippen molar-refractivity contribution in [1.29, 1.82) is 0 Å². The molecule has 1 aromatic carbocycles. The van der Waals surface area contributed by atoms with Crippen LogP contribution in [-0.2, 0) is 0 Å². The number of nitrogens with zero attached hydrogens (tertiary/aromatic N) is 2. The third-order valence-corrected chi connectivity index (χ3v) is 2.23. The summed E-state index contributed by atoms with van der Waals surface area (Å²) < 4.78 is 0. The lowest BCUT2D eigenvalue weighted by atomic mass is 10.0. The van der Waals surface area contributed by atoms with Gasteiger partial charge in [0.15, 0.2) is 0 Å². The second kappa shape index (κ2) is 4.13. The predicted octanol–water partition coefficient (Wildman–Crippen LogP) is 2.67. The molecule has 15 heavy (non-hydrogen) atoms. The van der Waals surface area contributed by atoms with Gasteiger partial charge >= 0.3 is 0 Å². The molecule has 0 saturated heterocycles. The van der Waals surface area contributed by atoms with E-state index in [0.717, 1.165) is 5.69 Å². The summed E-state index contributed by atoms with van der Waals surface area (Å²) in [6, 6.07) is 8.28. The summed E-state index contributed by atoms with van der Waals surface area (Å²) in [4.78, 5) is 4.01. The van der Waals surface area contributed by atoms with E-state index in [1.54, 1.807) is 0 Å². The molecule has 2 N–H and O–H groups in total. The maximum atomic E-state index is 4.01. The molecule has 0 unspecified atom stereocenters. The van der Waals surface area contributed by atoms with E-state index in [1.165, 1.54) is 11.9 Å². The van der Waals surface area contributed by atoms with Crippen molar-refractivity contribution in [2.75, 3.05) is 5.32 Å². The maximum absolute atomic E-state index is 4.01. The Morgan fingerprint density at radius 1 is 1.33 bits per heavy atom. The molecule has 78 valence electrons. The minimum Gasteiger partial charge on any atom is -0.325 e. The number of benzene rings is 1. The zero-order valence-corrected chi connectivity index (χ0v) is 8.86. The van der Waals surface area contributed by atoms with Gasteiger partial charge in [-0.3, -0.25) is 0 Å². The first-order valence-corrected chi connectivity index (χ1v) is 4.98. The number of H-pyrrole nitrogens is 1.